The fraction of sp³-hybridized carbons (Fsp3) is 0.133. The van der Waals surface area contributed by atoms with Gasteiger partial charge in [-0.05, 0) is 43.3 Å². The van der Waals surface area contributed by atoms with Crippen molar-refractivity contribution in [3.8, 4) is 0 Å². The zero-order chi connectivity index (χ0) is 14.7. The van der Waals surface area contributed by atoms with Gasteiger partial charge in [-0.25, -0.2) is 4.39 Å². The van der Waals surface area contributed by atoms with Gasteiger partial charge in [0.05, 0.1) is 5.69 Å². The molecule has 0 saturated carbocycles. The lowest BCUT2D eigenvalue weighted by Crippen LogP contribution is -2.22. The van der Waals surface area contributed by atoms with Gasteiger partial charge in [0.15, 0.2) is 0 Å². The van der Waals surface area contributed by atoms with Gasteiger partial charge < -0.3 is 10.6 Å². The number of nitrogens with zero attached hydrogens (tertiary/aromatic N) is 1. The lowest BCUT2D eigenvalue weighted by molar-refractivity contribution is 0.627. The number of hydrogen-bond acceptors (Lipinski definition) is 2. The Kier molecular flexibility index (Phi) is 4.25. The minimum Gasteiger partial charge on any atom is -0.384 e. The van der Waals surface area contributed by atoms with Gasteiger partial charge >= 0.3 is 0 Å². The van der Waals surface area contributed by atoms with Gasteiger partial charge in [-0.1, -0.05) is 17.7 Å². The first-order valence-electron chi connectivity index (χ1n) is 6.20. The van der Waals surface area contributed by atoms with Crippen LogP contribution in [-0.2, 0) is 0 Å². The molecule has 104 valence electrons. The molecule has 3 nitrogen and oxygen atoms in total. The summed E-state index contributed by atoms with van der Waals surface area (Å²) >= 11 is 5.95. The van der Waals surface area contributed by atoms with Crippen LogP contribution in [0.25, 0.3) is 0 Å². The summed E-state index contributed by atoms with van der Waals surface area (Å²) in [5, 5.41) is 8.17. The third-order valence-electron chi connectivity index (χ3n) is 2.98. The normalized spacial score (nSPS) is 10.3. The Bertz CT molecular complexity index is 643. The maximum absolute atomic E-state index is 13.4. The van der Waals surface area contributed by atoms with Crippen molar-refractivity contribution in [3.05, 3.63) is 58.9 Å². The first-order chi connectivity index (χ1) is 9.52. The first-order valence-corrected chi connectivity index (χ1v) is 6.57. The zero-order valence-corrected chi connectivity index (χ0v) is 11.8. The van der Waals surface area contributed by atoms with E-state index in [2.05, 4.69) is 0 Å². The van der Waals surface area contributed by atoms with Crippen LogP contribution < -0.4 is 10.6 Å². The van der Waals surface area contributed by atoms with Crippen LogP contribution in [0.4, 0.5) is 15.8 Å². The average Bonchev–Trinajstić information content (AvgIpc) is 2.41. The molecule has 20 heavy (non-hydrogen) atoms. The summed E-state index contributed by atoms with van der Waals surface area (Å²) in [6.07, 6.45) is 0. The number of amidine groups is 1. The molecule has 0 atom stereocenters. The van der Waals surface area contributed by atoms with Crippen LogP contribution >= 0.6 is 11.6 Å². The summed E-state index contributed by atoms with van der Waals surface area (Å²) in [5.74, 6) is -0.378. The van der Waals surface area contributed by atoms with Crippen molar-refractivity contribution in [2.45, 2.75) is 6.92 Å². The van der Waals surface area contributed by atoms with Crippen LogP contribution in [0.15, 0.2) is 42.5 Å². The third-order valence-corrected chi connectivity index (χ3v) is 3.21. The molecule has 0 aromatic heterocycles. The molecular formula is C15H15ClFN3. The van der Waals surface area contributed by atoms with Gasteiger partial charge in [-0.3, -0.25) is 5.41 Å². The highest BCUT2D eigenvalue weighted by atomic mass is 35.5. The predicted octanol–water partition coefficient (Wildman–Crippen LogP) is 3.92. The maximum Gasteiger partial charge on any atom is 0.125 e. The summed E-state index contributed by atoms with van der Waals surface area (Å²) < 4.78 is 13.4. The molecule has 0 bridgehead atoms. The van der Waals surface area contributed by atoms with Gasteiger partial charge in [0.25, 0.3) is 0 Å². The molecule has 0 unspecified atom stereocenters. The molecule has 0 aliphatic heterocycles. The minimum absolute atomic E-state index is 0.0719. The Morgan fingerprint density at radius 2 is 2.05 bits per heavy atom. The molecule has 0 heterocycles. The molecule has 5 heteroatoms. The molecule has 0 radical (unpaired) electrons. The number of anilines is 2. The van der Waals surface area contributed by atoms with Gasteiger partial charge in [0.1, 0.15) is 11.7 Å². The summed E-state index contributed by atoms with van der Waals surface area (Å²) in [4.78, 5) is 1.89. The number of nitrogens with two attached hydrogens (primary N) is 1. The summed E-state index contributed by atoms with van der Waals surface area (Å²) in [5.41, 5.74) is 7.58. The van der Waals surface area contributed by atoms with Crippen molar-refractivity contribution < 1.29 is 4.39 Å². The van der Waals surface area contributed by atoms with E-state index in [1.807, 2.05) is 17.9 Å². The zero-order valence-electron chi connectivity index (χ0n) is 11.0. The van der Waals surface area contributed by atoms with Crippen molar-refractivity contribution in [2.75, 3.05) is 11.4 Å². The highest BCUT2D eigenvalue weighted by Crippen LogP contribution is 2.30. The van der Waals surface area contributed by atoms with E-state index in [4.69, 9.17) is 22.7 Å². The summed E-state index contributed by atoms with van der Waals surface area (Å²) in [6, 6.07) is 11.5. The van der Waals surface area contributed by atoms with Crippen molar-refractivity contribution in [1.29, 1.82) is 5.41 Å². The summed E-state index contributed by atoms with van der Waals surface area (Å²) in [7, 11) is 0. The molecule has 0 saturated heterocycles. The Balaban J connectivity index is 2.55. The average molecular weight is 292 g/mol. The molecule has 0 aliphatic rings. The second-order valence-electron chi connectivity index (χ2n) is 4.30. The predicted molar refractivity (Wildman–Crippen MR) is 81.5 cm³/mol. The fourth-order valence-corrected chi connectivity index (χ4v) is 2.27. The van der Waals surface area contributed by atoms with Crippen molar-refractivity contribution >= 4 is 28.8 Å². The van der Waals surface area contributed by atoms with Crippen LogP contribution in [-0.4, -0.2) is 12.4 Å². The van der Waals surface area contributed by atoms with Crippen LogP contribution in [0.1, 0.15) is 12.5 Å². The molecule has 0 amide bonds. The number of nitrogens with one attached hydrogen (secondary N) is 1. The van der Waals surface area contributed by atoms with E-state index in [0.29, 0.717) is 22.8 Å². The second-order valence-corrected chi connectivity index (χ2v) is 4.74. The number of halogens is 2. The SMILES string of the molecule is CCN(c1cccc(F)c1)c1ccc(Cl)cc1C(=N)N. The van der Waals surface area contributed by atoms with E-state index >= 15 is 0 Å². The third kappa shape index (κ3) is 2.91. The van der Waals surface area contributed by atoms with Crippen LogP contribution in [0, 0.1) is 11.2 Å². The van der Waals surface area contributed by atoms with Crippen molar-refractivity contribution in [2.24, 2.45) is 5.73 Å². The van der Waals surface area contributed by atoms with E-state index in [-0.39, 0.29) is 11.7 Å². The molecule has 3 N–H and O–H groups in total. The number of hydrogen-bond donors (Lipinski definition) is 2. The molecule has 0 fully saturated rings. The van der Waals surface area contributed by atoms with E-state index in [1.54, 1.807) is 24.3 Å². The van der Waals surface area contributed by atoms with E-state index < -0.39 is 0 Å². The van der Waals surface area contributed by atoms with Gasteiger partial charge in [-0.2, -0.15) is 0 Å². The molecule has 0 aliphatic carbocycles. The molecule has 0 spiro atoms. The van der Waals surface area contributed by atoms with Gasteiger partial charge in [0, 0.05) is 22.8 Å². The molecule has 2 aromatic carbocycles. The molecule has 2 aromatic rings. The quantitative estimate of drug-likeness (QED) is 0.662. The Labute approximate surface area is 122 Å². The second kappa shape index (κ2) is 5.92. The standard InChI is InChI=1S/C15H15ClFN3/c1-2-20(12-5-3-4-11(17)9-12)14-7-6-10(16)8-13(14)15(18)19/h3-9H,2H2,1H3,(H3,18,19). The van der Waals surface area contributed by atoms with E-state index in [1.165, 1.54) is 12.1 Å². The van der Waals surface area contributed by atoms with E-state index in [0.717, 1.165) is 5.69 Å². The Hall–Kier alpha value is -2.07. The topological polar surface area (TPSA) is 53.1 Å². The smallest absolute Gasteiger partial charge is 0.125 e. The largest absolute Gasteiger partial charge is 0.384 e. The minimum atomic E-state index is -0.306. The van der Waals surface area contributed by atoms with Gasteiger partial charge in [0.2, 0.25) is 0 Å². The Morgan fingerprint density at radius 1 is 1.30 bits per heavy atom. The first kappa shape index (κ1) is 14.3. The van der Waals surface area contributed by atoms with Crippen LogP contribution in [0.3, 0.4) is 0 Å². The highest BCUT2D eigenvalue weighted by molar-refractivity contribution is 6.31. The maximum atomic E-state index is 13.4. The highest BCUT2D eigenvalue weighted by Gasteiger charge is 2.14. The fourth-order valence-electron chi connectivity index (χ4n) is 2.10. The number of benzene rings is 2. The number of rotatable bonds is 4. The lowest BCUT2D eigenvalue weighted by atomic mass is 10.1. The molecular weight excluding hydrogens is 277 g/mol. The number of nitrogen functional groups attached to an aromatic ring is 1. The van der Waals surface area contributed by atoms with E-state index in [9.17, 15) is 4.39 Å². The monoisotopic (exact) mass is 291 g/mol. The van der Waals surface area contributed by atoms with Crippen molar-refractivity contribution in [1.82, 2.24) is 0 Å². The molecule has 2 rings (SSSR count). The Morgan fingerprint density at radius 3 is 2.65 bits per heavy atom. The van der Waals surface area contributed by atoms with Crippen LogP contribution in [0.5, 0.6) is 0 Å². The summed E-state index contributed by atoms with van der Waals surface area (Å²) in [6.45, 7) is 2.56. The van der Waals surface area contributed by atoms with Gasteiger partial charge in [-0.15, -0.1) is 0 Å². The van der Waals surface area contributed by atoms with Crippen molar-refractivity contribution in [3.63, 3.8) is 0 Å². The lowest BCUT2D eigenvalue weighted by Gasteiger charge is -2.25. The van der Waals surface area contributed by atoms with Crippen LogP contribution in [0.2, 0.25) is 5.02 Å².